The predicted octanol–water partition coefficient (Wildman–Crippen LogP) is 1.40. The van der Waals surface area contributed by atoms with E-state index >= 15 is 0 Å². The van der Waals surface area contributed by atoms with Crippen LogP contribution in [0.2, 0.25) is 0 Å². The van der Waals surface area contributed by atoms with E-state index in [1.807, 2.05) is 6.07 Å². The Morgan fingerprint density at radius 2 is 2.47 bits per heavy atom. The molecule has 2 heterocycles. The highest BCUT2D eigenvalue weighted by atomic mass is 16.5. The molecule has 1 aromatic rings. The lowest BCUT2D eigenvalue weighted by atomic mass is 9.92. The van der Waals surface area contributed by atoms with Crippen molar-refractivity contribution >= 4 is 0 Å². The second-order valence-electron chi connectivity index (χ2n) is 5.15. The van der Waals surface area contributed by atoms with Gasteiger partial charge in [0.05, 0.1) is 12.9 Å². The van der Waals surface area contributed by atoms with Crippen molar-refractivity contribution in [3.8, 4) is 0 Å². The van der Waals surface area contributed by atoms with Crippen LogP contribution in [0, 0.1) is 0 Å². The van der Waals surface area contributed by atoms with E-state index in [4.69, 9.17) is 9.15 Å². The van der Waals surface area contributed by atoms with E-state index in [1.54, 1.807) is 6.26 Å². The zero-order valence-corrected chi connectivity index (χ0v) is 9.95. The van der Waals surface area contributed by atoms with Gasteiger partial charge in [0.1, 0.15) is 11.4 Å². The summed E-state index contributed by atoms with van der Waals surface area (Å²) in [6, 6.07) is 2.36. The van der Waals surface area contributed by atoms with Crippen LogP contribution in [0.25, 0.3) is 0 Å². The van der Waals surface area contributed by atoms with Gasteiger partial charge in [-0.1, -0.05) is 0 Å². The molecule has 2 unspecified atom stereocenters. The first-order valence-corrected chi connectivity index (χ1v) is 6.37. The Labute approximate surface area is 101 Å². The van der Waals surface area contributed by atoms with Crippen LogP contribution in [0.15, 0.2) is 16.7 Å². The number of aliphatic hydroxyl groups is 1. The van der Waals surface area contributed by atoms with Gasteiger partial charge in [0.25, 0.3) is 0 Å². The topological polar surface area (TPSA) is 54.6 Å². The molecule has 4 nitrogen and oxygen atoms in total. The lowest BCUT2D eigenvalue weighted by Crippen LogP contribution is -2.42. The number of rotatable bonds is 3. The zero-order valence-electron chi connectivity index (χ0n) is 9.95. The molecule has 1 aromatic heterocycles. The maximum Gasteiger partial charge on any atom is 0.108 e. The third-order valence-electron chi connectivity index (χ3n) is 3.81. The molecule has 2 aliphatic rings. The third kappa shape index (κ3) is 2.25. The highest BCUT2D eigenvalue weighted by Crippen LogP contribution is 2.31. The second kappa shape index (κ2) is 4.44. The first kappa shape index (κ1) is 11.3. The average Bonchev–Trinajstić information content (AvgIpc) is 2.95. The van der Waals surface area contributed by atoms with Gasteiger partial charge < -0.3 is 19.6 Å². The largest absolute Gasteiger partial charge is 0.469 e. The Balaban J connectivity index is 1.63. The third-order valence-corrected chi connectivity index (χ3v) is 3.81. The summed E-state index contributed by atoms with van der Waals surface area (Å²) in [5, 5.41) is 13.7. The van der Waals surface area contributed by atoms with Crippen molar-refractivity contribution in [3.63, 3.8) is 0 Å². The SMILES string of the molecule is OC1(CNC2CCCc3occc32)CCOC1. The first-order chi connectivity index (χ1) is 8.27. The van der Waals surface area contributed by atoms with Gasteiger partial charge in [0.2, 0.25) is 0 Å². The predicted molar refractivity (Wildman–Crippen MR) is 62.8 cm³/mol. The standard InChI is InChI=1S/C13H19NO3/c15-13(5-7-16-9-13)8-14-11-2-1-3-12-10(11)4-6-17-12/h4,6,11,14-15H,1-3,5,7-9H2. The molecule has 4 heteroatoms. The molecule has 0 saturated carbocycles. The summed E-state index contributed by atoms with van der Waals surface area (Å²) in [4.78, 5) is 0. The molecule has 3 rings (SSSR count). The van der Waals surface area contributed by atoms with Gasteiger partial charge in [0.15, 0.2) is 0 Å². The number of ether oxygens (including phenoxy) is 1. The van der Waals surface area contributed by atoms with Crippen LogP contribution in [0.4, 0.5) is 0 Å². The molecular weight excluding hydrogens is 218 g/mol. The van der Waals surface area contributed by atoms with Gasteiger partial charge in [-0.2, -0.15) is 0 Å². The Hall–Kier alpha value is -0.840. The van der Waals surface area contributed by atoms with Crippen molar-refractivity contribution in [1.82, 2.24) is 5.32 Å². The summed E-state index contributed by atoms with van der Waals surface area (Å²) in [7, 11) is 0. The molecule has 17 heavy (non-hydrogen) atoms. The van der Waals surface area contributed by atoms with Crippen molar-refractivity contribution in [3.05, 3.63) is 23.7 Å². The van der Waals surface area contributed by atoms with Gasteiger partial charge in [-0.05, 0) is 18.9 Å². The minimum absolute atomic E-state index is 0.321. The minimum atomic E-state index is -0.679. The molecule has 0 bridgehead atoms. The fourth-order valence-electron chi connectivity index (χ4n) is 2.75. The van der Waals surface area contributed by atoms with Crippen LogP contribution in [0.3, 0.4) is 0 Å². The van der Waals surface area contributed by atoms with Gasteiger partial charge >= 0.3 is 0 Å². The van der Waals surface area contributed by atoms with E-state index in [0.717, 1.165) is 31.4 Å². The molecule has 1 fully saturated rings. The van der Waals surface area contributed by atoms with Crippen molar-refractivity contribution in [1.29, 1.82) is 0 Å². The summed E-state index contributed by atoms with van der Waals surface area (Å²) < 4.78 is 10.7. The van der Waals surface area contributed by atoms with E-state index in [1.165, 1.54) is 5.56 Å². The maximum absolute atomic E-state index is 10.2. The molecule has 0 radical (unpaired) electrons. The molecule has 1 saturated heterocycles. The van der Waals surface area contributed by atoms with Gasteiger partial charge in [-0.25, -0.2) is 0 Å². The van der Waals surface area contributed by atoms with Crippen molar-refractivity contribution < 1.29 is 14.3 Å². The normalized spacial score (nSPS) is 32.6. The lowest BCUT2D eigenvalue weighted by molar-refractivity contribution is 0.0242. The van der Waals surface area contributed by atoms with Crippen molar-refractivity contribution in [2.24, 2.45) is 0 Å². The summed E-state index contributed by atoms with van der Waals surface area (Å²) in [5.41, 5.74) is 0.584. The molecular formula is C13H19NO3. The van der Waals surface area contributed by atoms with Crippen LogP contribution in [-0.4, -0.2) is 30.5 Å². The zero-order chi connectivity index (χ0) is 11.7. The molecule has 1 aliphatic carbocycles. The van der Waals surface area contributed by atoms with E-state index < -0.39 is 5.60 Å². The van der Waals surface area contributed by atoms with Gasteiger partial charge in [0, 0.05) is 37.6 Å². The quantitative estimate of drug-likeness (QED) is 0.834. The summed E-state index contributed by atoms with van der Waals surface area (Å²) in [6.45, 7) is 1.72. The second-order valence-corrected chi connectivity index (χ2v) is 5.15. The van der Waals surface area contributed by atoms with Crippen molar-refractivity contribution in [2.45, 2.75) is 37.3 Å². The smallest absolute Gasteiger partial charge is 0.108 e. The van der Waals surface area contributed by atoms with E-state index in [-0.39, 0.29) is 0 Å². The van der Waals surface area contributed by atoms with E-state index in [0.29, 0.717) is 25.8 Å². The van der Waals surface area contributed by atoms with E-state index in [9.17, 15) is 5.11 Å². The van der Waals surface area contributed by atoms with Crippen LogP contribution in [0.5, 0.6) is 0 Å². The molecule has 2 atom stereocenters. The fraction of sp³-hybridized carbons (Fsp3) is 0.692. The highest BCUT2D eigenvalue weighted by molar-refractivity contribution is 5.24. The molecule has 94 valence electrons. The van der Waals surface area contributed by atoms with Crippen LogP contribution >= 0.6 is 0 Å². The highest BCUT2D eigenvalue weighted by Gasteiger charge is 2.33. The molecule has 1 aliphatic heterocycles. The minimum Gasteiger partial charge on any atom is -0.469 e. The molecule has 0 spiro atoms. The van der Waals surface area contributed by atoms with Crippen LogP contribution in [0.1, 0.15) is 36.6 Å². The molecule has 0 aromatic carbocycles. The average molecular weight is 237 g/mol. The Bertz CT molecular complexity index is 382. The summed E-state index contributed by atoms with van der Waals surface area (Å²) >= 11 is 0. The van der Waals surface area contributed by atoms with Crippen LogP contribution < -0.4 is 5.32 Å². The van der Waals surface area contributed by atoms with Gasteiger partial charge in [-0.3, -0.25) is 0 Å². The monoisotopic (exact) mass is 237 g/mol. The Morgan fingerprint density at radius 1 is 1.53 bits per heavy atom. The lowest BCUT2D eigenvalue weighted by Gasteiger charge is -2.27. The Morgan fingerprint density at radius 3 is 3.29 bits per heavy atom. The summed E-state index contributed by atoms with van der Waals surface area (Å²) in [6.07, 6.45) is 5.79. The summed E-state index contributed by atoms with van der Waals surface area (Å²) in [5.74, 6) is 1.10. The number of nitrogens with one attached hydrogen (secondary N) is 1. The van der Waals surface area contributed by atoms with E-state index in [2.05, 4.69) is 5.32 Å². The number of furan rings is 1. The molecule has 0 amide bonds. The number of aryl methyl sites for hydroxylation is 1. The van der Waals surface area contributed by atoms with Crippen molar-refractivity contribution in [2.75, 3.05) is 19.8 Å². The van der Waals surface area contributed by atoms with Gasteiger partial charge in [-0.15, -0.1) is 0 Å². The molecule has 2 N–H and O–H groups in total. The number of hydrogen-bond acceptors (Lipinski definition) is 4. The first-order valence-electron chi connectivity index (χ1n) is 6.37. The maximum atomic E-state index is 10.2. The fourth-order valence-corrected chi connectivity index (χ4v) is 2.75. The Kier molecular flexibility index (Phi) is 2.94. The van der Waals surface area contributed by atoms with Crippen LogP contribution in [-0.2, 0) is 11.2 Å². The number of fused-ring (bicyclic) bond motifs is 1. The number of hydrogen-bond donors (Lipinski definition) is 2.